The second-order valence-electron chi connectivity index (χ2n) is 0.247. The predicted octanol–water partition coefficient (Wildman–Crippen LogP) is 0.880. The minimum absolute atomic E-state index is 4.64. The second kappa shape index (κ2) is 1.62. The molecule has 0 saturated heterocycles. The summed E-state index contributed by atoms with van der Waals surface area (Å²) < 4.78 is 29.4. The minimum Gasteiger partial charge on any atom is -0.561 e. The zero-order valence-corrected chi connectivity index (χ0v) is 2.87. The van der Waals surface area contributed by atoms with Crippen molar-refractivity contribution in [2.24, 2.45) is 0 Å². The Labute approximate surface area is 27.1 Å². The Morgan fingerprint density at radius 1 is 1.00 bits per heavy atom. The molecule has 0 spiro atoms. The molecule has 0 unspecified atom stereocenters. The molecule has 0 bridgehead atoms. The van der Waals surface area contributed by atoms with E-state index in [0.29, 0.717) is 0 Å². The Bertz CT molecular complexity index is 8.00. The Kier molecular flexibility index (Phi) is 1.75. The monoisotopic (exact) mass is 84.0 g/mol. The molecular formula is AlF3-. The maximum absolute atomic E-state index is 9.81. The van der Waals surface area contributed by atoms with E-state index in [1.54, 1.807) is 0 Å². The third-order valence-corrected chi connectivity index (χ3v) is 0. The molecule has 0 aliphatic carbocycles. The fraction of sp³-hybridized carbons (Fsp3) is 0. The molecule has 0 saturated carbocycles. The van der Waals surface area contributed by atoms with E-state index in [-0.39, 0.29) is 0 Å². The third kappa shape index (κ3) is 39.1. The average molecular weight is 84.0 g/mol. The van der Waals surface area contributed by atoms with Crippen LogP contribution in [0.4, 0.5) is 10.6 Å². The van der Waals surface area contributed by atoms with Crippen LogP contribution in [0.1, 0.15) is 0 Å². The van der Waals surface area contributed by atoms with Gasteiger partial charge in [0, 0.05) is 0 Å². The van der Waals surface area contributed by atoms with Gasteiger partial charge in [0.25, 0.3) is 0 Å². The van der Waals surface area contributed by atoms with Crippen molar-refractivity contribution in [3.63, 3.8) is 0 Å². The lowest BCUT2D eigenvalue weighted by Gasteiger charge is -1.78. The van der Waals surface area contributed by atoms with E-state index in [1.165, 1.54) is 0 Å². The van der Waals surface area contributed by atoms with Gasteiger partial charge in [0.15, 0.2) is 0 Å². The summed E-state index contributed by atoms with van der Waals surface area (Å²) in [6.45, 7) is 0. The van der Waals surface area contributed by atoms with Gasteiger partial charge >= 0.3 is 15.5 Å². The van der Waals surface area contributed by atoms with Crippen LogP contribution in [0.2, 0.25) is 0 Å². The van der Waals surface area contributed by atoms with Crippen molar-refractivity contribution >= 4 is 15.5 Å². The SMILES string of the molecule is [F][Al-]([F])[F]. The predicted molar refractivity (Wildman–Crippen MR) is 9.08 cm³/mol. The number of hydrogen-bond acceptors (Lipinski definition) is 0. The van der Waals surface area contributed by atoms with Gasteiger partial charge < -0.3 is 10.6 Å². The highest BCUT2D eigenvalue weighted by Crippen LogP contribution is 1.80. The number of halogens is 3. The zero-order chi connectivity index (χ0) is 3.58. The Balaban J connectivity index is 2.32. The molecule has 1 radical (unpaired) electrons. The molecule has 4 heteroatoms. The summed E-state index contributed by atoms with van der Waals surface area (Å²) in [5.74, 6) is 0. The molecule has 0 aromatic carbocycles. The lowest BCUT2D eigenvalue weighted by molar-refractivity contribution is 0.535. The van der Waals surface area contributed by atoms with Gasteiger partial charge in [-0.1, -0.05) is 0 Å². The first kappa shape index (κ1) is 4.32. The van der Waals surface area contributed by atoms with Crippen LogP contribution in [0, 0.1) is 0 Å². The maximum atomic E-state index is 9.81. The summed E-state index contributed by atoms with van der Waals surface area (Å²) in [6, 6.07) is 0. The van der Waals surface area contributed by atoms with E-state index in [4.69, 9.17) is 0 Å². The highest BCUT2D eigenvalue weighted by atomic mass is 27.3. The summed E-state index contributed by atoms with van der Waals surface area (Å²) in [7, 11) is 0. The van der Waals surface area contributed by atoms with Crippen molar-refractivity contribution in [1.29, 1.82) is 0 Å². The van der Waals surface area contributed by atoms with Crippen LogP contribution in [0.25, 0.3) is 0 Å². The van der Waals surface area contributed by atoms with E-state index >= 15 is 0 Å². The molecule has 0 fully saturated rings. The normalized spacial score (nSPS) is 9.00. The minimum atomic E-state index is -4.64. The number of rotatable bonds is 0. The van der Waals surface area contributed by atoms with E-state index < -0.39 is 15.5 Å². The van der Waals surface area contributed by atoms with Gasteiger partial charge in [0.1, 0.15) is 0 Å². The van der Waals surface area contributed by atoms with Crippen LogP contribution in [0.5, 0.6) is 0 Å². The van der Waals surface area contributed by atoms with Crippen LogP contribution in [-0.2, 0) is 0 Å². The van der Waals surface area contributed by atoms with Crippen LogP contribution >= 0.6 is 0 Å². The maximum Gasteiger partial charge on any atom is 0.683 e. The van der Waals surface area contributed by atoms with Gasteiger partial charge in [0.2, 0.25) is 0 Å². The lowest BCUT2D eigenvalue weighted by atomic mass is 18.6. The van der Waals surface area contributed by atoms with Crippen LogP contribution in [0.15, 0.2) is 0 Å². The molecule has 0 N–H and O–H groups in total. The average Bonchev–Trinajstić information content (AvgIpc) is 0.811. The van der Waals surface area contributed by atoms with E-state index in [1.807, 2.05) is 0 Å². The van der Waals surface area contributed by atoms with Gasteiger partial charge in [0.05, 0.1) is 0 Å². The first-order valence-corrected chi connectivity index (χ1v) is 1.96. The summed E-state index contributed by atoms with van der Waals surface area (Å²) in [5.41, 5.74) is 0. The molecule has 0 amide bonds. The van der Waals surface area contributed by atoms with Gasteiger partial charge in [-0.3, -0.25) is 0 Å². The molecule has 0 rings (SSSR count). The molecule has 0 aliphatic rings. The molecular weight excluding hydrogens is 84.0 g/mol. The molecule has 4 heavy (non-hydrogen) atoms. The van der Waals surface area contributed by atoms with Crippen molar-refractivity contribution < 1.29 is 10.6 Å². The van der Waals surface area contributed by atoms with Crippen LogP contribution < -0.4 is 0 Å². The zero-order valence-electron chi connectivity index (χ0n) is 1.71. The molecule has 0 heterocycles. The van der Waals surface area contributed by atoms with E-state index in [2.05, 4.69) is 0 Å². The molecule has 0 aromatic heterocycles. The smallest absolute Gasteiger partial charge is 0.561 e. The fourth-order valence-electron chi connectivity index (χ4n) is 0. The highest BCUT2D eigenvalue weighted by molar-refractivity contribution is 6.33. The molecule has 0 atom stereocenters. The van der Waals surface area contributed by atoms with Crippen molar-refractivity contribution in [2.45, 2.75) is 0 Å². The van der Waals surface area contributed by atoms with Crippen molar-refractivity contribution in [3.05, 3.63) is 0 Å². The molecule has 0 aromatic rings. The first-order chi connectivity index (χ1) is 1.73. The summed E-state index contributed by atoms with van der Waals surface area (Å²) in [6.07, 6.45) is 0. The Morgan fingerprint density at radius 2 is 1.00 bits per heavy atom. The largest absolute Gasteiger partial charge is 0.683 e. The van der Waals surface area contributed by atoms with Crippen molar-refractivity contribution in [2.75, 3.05) is 0 Å². The van der Waals surface area contributed by atoms with Crippen molar-refractivity contribution in [1.82, 2.24) is 0 Å². The van der Waals surface area contributed by atoms with Gasteiger partial charge in [-0.05, 0) is 0 Å². The Morgan fingerprint density at radius 3 is 1.00 bits per heavy atom. The molecule has 0 aliphatic heterocycles. The van der Waals surface area contributed by atoms with Gasteiger partial charge in [-0.2, -0.15) is 0 Å². The standard InChI is InChI=1S/Al.3FH/h;3*1H/q+2;;;/p-3. The van der Waals surface area contributed by atoms with Crippen LogP contribution in [-0.4, -0.2) is 15.5 Å². The van der Waals surface area contributed by atoms with E-state index in [9.17, 15) is 10.6 Å². The highest BCUT2D eigenvalue weighted by Gasteiger charge is 1.90. The van der Waals surface area contributed by atoms with E-state index in [0.717, 1.165) is 0 Å². The second-order valence-corrected chi connectivity index (χ2v) is 0.742. The van der Waals surface area contributed by atoms with Crippen LogP contribution in [0.3, 0.4) is 0 Å². The summed E-state index contributed by atoms with van der Waals surface area (Å²) in [5, 5.41) is 0. The summed E-state index contributed by atoms with van der Waals surface area (Å²) in [4.78, 5) is 0. The third-order valence-electron chi connectivity index (χ3n) is 0. The Hall–Kier alpha value is 0.322. The summed E-state index contributed by atoms with van der Waals surface area (Å²) >= 11 is -4.64. The fourth-order valence-corrected chi connectivity index (χ4v) is 0. The molecule has 25 valence electrons. The quantitative estimate of drug-likeness (QED) is 0.382. The molecule has 0 nitrogen and oxygen atoms in total. The van der Waals surface area contributed by atoms with Gasteiger partial charge in [-0.25, -0.2) is 0 Å². The first-order valence-electron chi connectivity index (χ1n) is 0.655. The van der Waals surface area contributed by atoms with Crippen molar-refractivity contribution in [3.8, 4) is 0 Å². The number of hydrogen-bond donors (Lipinski definition) is 0. The topological polar surface area (TPSA) is 0 Å². The van der Waals surface area contributed by atoms with Gasteiger partial charge in [-0.15, -0.1) is 0 Å². The lowest BCUT2D eigenvalue weighted by Crippen LogP contribution is -1.76.